The molecule has 142 valence electrons. The van der Waals surface area contributed by atoms with Crippen LogP contribution in [0.4, 0.5) is 0 Å². The van der Waals surface area contributed by atoms with E-state index in [4.69, 9.17) is 10.8 Å². The van der Waals surface area contributed by atoms with Crippen LogP contribution in [-0.2, 0) is 11.2 Å². The van der Waals surface area contributed by atoms with Crippen LogP contribution in [0.25, 0.3) is 10.9 Å². The van der Waals surface area contributed by atoms with Crippen LogP contribution in [0.5, 0.6) is 0 Å². The van der Waals surface area contributed by atoms with Crippen LogP contribution in [0, 0.1) is 0 Å². The Hall–Kier alpha value is -2.70. The van der Waals surface area contributed by atoms with Gasteiger partial charge in [-0.1, -0.05) is 24.3 Å². The van der Waals surface area contributed by atoms with E-state index in [2.05, 4.69) is 28.0 Å². The third-order valence-electron chi connectivity index (χ3n) is 5.02. The number of hydrogen-bond donors (Lipinski definition) is 3. The number of hydrogen-bond acceptors (Lipinski definition) is 4. The Balaban J connectivity index is 0.000000159. The first-order chi connectivity index (χ1) is 13.1. The molecule has 1 aliphatic rings. The van der Waals surface area contributed by atoms with Crippen molar-refractivity contribution in [3.63, 3.8) is 0 Å². The lowest BCUT2D eigenvalue weighted by Gasteiger charge is -2.18. The number of pyridine rings is 1. The summed E-state index contributed by atoms with van der Waals surface area (Å²) in [6.07, 6.45) is 8.57. The Kier molecular flexibility index (Phi) is 6.21. The van der Waals surface area contributed by atoms with Gasteiger partial charge in [0.1, 0.15) is 6.04 Å². The fourth-order valence-corrected chi connectivity index (χ4v) is 3.53. The number of fused-ring (bicyclic) bond motifs is 1. The Labute approximate surface area is 159 Å². The highest BCUT2D eigenvalue weighted by Crippen LogP contribution is 2.29. The van der Waals surface area contributed by atoms with Crippen LogP contribution in [0.15, 0.2) is 55.0 Å². The molecule has 0 aliphatic carbocycles. The van der Waals surface area contributed by atoms with E-state index in [1.54, 1.807) is 0 Å². The standard InChI is InChI=1S/C11H12N2O2.C10H14N2/c12-9(11(14)15)5-7-6-13-10-4-2-1-3-8(7)10;1-12-7-3-5-10(12)9-4-2-6-11-8-9/h1-4,6,9,13H,5,12H2,(H,14,15);2,4,6,8,10H,3,5,7H2,1H3/t9-;/m0./s1. The van der Waals surface area contributed by atoms with Crippen molar-refractivity contribution in [3.05, 3.63) is 66.1 Å². The average Bonchev–Trinajstić information content (AvgIpc) is 3.29. The number of carbonyl (C=O) groups is 1. The third-order valence-corrected chi connectivity index (χ3v) is 5.02. The van der Waals surface area contributed by atoms with Gasteiger partial charge in [-0.15, -0.1) is 0 Å². The number of carboxylic acids is 1. The SMILES string of the molecule is CN1CCCC1c1cccnc1.N[C@@H](Cc1c[nH]c2ccccc12)C(=O)O. The van der Waals surface area contributed by atoms with E-state index in [1.807, 2.05) is 48.9 Å². The largest absolute Gasteiger partial charge is 0.480 e. The number of carboxylic acid groups (broad SMARTS) is 1. The predicted octanol–water partition coefficient (Wildman–Crippen LogP) is 2.97. The number of aromatic nitrogens is 2. The van der Waals surface area contributed by atoms with Gasteiger partial charge in [-0.05, 0) is 49.7 Å². The van der Waals surface area contributed by atoms with Gasteiger partial charge < -0.3 is 15.8 Å². The van der Waals surface area contributed by atoms with Gasteiger partial charge in [-0.2, -0.15) is 0 Å². The zero-order valence-corrected chi connectivity index (χ0v) is 15.5. The Morgan fingerprint density at radius 2 is 2.19 bits per heavy atom. The lowest BCUT2D eigenvalue weighted by Crippen LogP contribution is -2.32. The highest BCUT2D eigenvalue weighted by molar-refractivity contribution is 5.84. The van der Waals surface area contributed by atoms with E-state index in [-0.39, 0.29) is 0 Å². The molecule has 2 atom stereocenters. The lowest BCUT2D eigenvalue weighted by molar-refractivity contribution is -0.138. The van der Waals surface area contributed by atoms with Gasteiger partial charge in [-0.3, -0.25) is 14.7 Å². The summed E-state index contributed by atoms with van der Waals surface area (Å²) in [5, 5.41) is 9.75. The number of nitrogens with zero attached hydrogens (tertiary/aromatic N) is 2. The molecule has 0 bridgehead atoms. The van der Waals surface area contributed by atoms with Crippen LogP contribution in [0.2, 0.25) is 0 Å². The molecule has 3 aromatic rings. The summed E-state index contributed by atoms with van der Waals surface area (Å²) < 4.78 is 0. The zero-order valence-electron chi connectivity index (χ0n) is 15.5. The summed E-state index contributed by atoms with van der Waals surface area (Å²) in [5.74, 6) is -0.972. The minimum Gasteiger partial charge on any atom is -0.480 e. The van der Waals surface area contributed by atoms with Crippen molar-refractivity contribution in [1.29, 1.82) is 0 Å². The fraction of sp³-hybridized carbons (Fsp3) is 0.333. The van der Waals surface area contributed by atoms with E-state index in [0.29, 0.717) is 12.5 Å². The van der Waals surface area contributed by atoms with Gasteiger partial charge in [0.05, 0.1) is 0 Å². The summed E-state index contributed by atoms with van der Waals surface area (Å²) in [6, 6.07) is 11.7. The summed E-state index contributed by atoms with van der Waals surface area (Å²) in [4.78, 5) is 20.2. The first-order valence-corrected chi connectivity index (χ1v) is 9.20. The van der Waals surface area contributed by atoms with Crippen molar-refractivity contribution in [2.45, 2.75) is 31.3 Å². The quantitative estimate of drug-likeness (QED) is 0.660. The molecule has 0 spiro atoms. The normalized spacial score (nSPS) is 18.1. The molecule has 4 rings (SSSR count). The summed E-state index contributed by atoms with van der Waals surface area (Å²) in [7, 11) is 2.19. The summed E-state index contributed by atoms with van der Waals surface area (Å²) in [6.45, 7) is 1.22. The molecular formula is C21H26N4O2. The van der Waals surface area contributed by atoms with E-state index < -0.39 is 12.0 Å². The van der Waals surface area contributed by atoms with Gasteiger partial charge in [-0.25, -0.2) is 0 Å². The highest BCUT2D eigenvalue weighted by atomic mass is 16.4. The minimum absolute atomic E-state index is 0.347. The molecule has 1 aliphatic heterocycles. The van der Waals surface area contributed by atoms with Gasteiger partial charge in [0.15, 0.2) is 0 Å². The molecule has 1 saturated heterocycles. The van der Waals surface area contributed by atoms with Crippen LogP contribution in [0.1, 0.15) is 30.0 Å². The molecule has 0 radical (unpaired) electrons. The summed E-state index contributed by atoms with van der Waals surface area (Å²) >= 11 is 0. The summed E-state index contributed by atoms with van der Waals surface area (Å²) in [5.41, 5.74) is 8.79. The molecule has 6 nitrogen and oxygen atoms in total. The Bertz CT molecular complexity index is 878. The van der Waals surface area contributed by atoms with Crippen molar-refractivity contribution in [2.24, 2.45) is 5.73 Å². The van der Waals surface area contributed by atoms with Crippen molar-refractivity contribution in [3.8, 4) is 0 Å². The maximum Gasteiger partial charge on any atom is 0.320 e. The maximum absolute atomic E-state index is 10.6. The minimum atomic E-state index is -0.972. The first-order valence-electron chi connectivity index (χ1n) is 9.20. The highest BCUT2D eigenvalue weighted by Gasteiger charge is 2.22. The molecular weight excluding hydrogens is 340 g/mol. The van der Waals surface area contributed by atoms with Gasteiger partial charge in [0, 0.05) is 42.0 Å². The van der Waals surface area contributed by atoms with Gasteiger partial charge >= 0.3 is 5.97 Å². The van der Waals surface area contributed by atoms with Crippen LogP contribution in [-0.4, -0.2) is 45.6 Å². The zero-order chi connectivity index (χ0) is 19.2. The van der Waals surface area contributed by atoms with E-state index >= 15 is 0 Å². The predicted molar refractivity (Wildman–Crippen MR) is 106 cm³/mol. The number of nitrogens with two attached hydrogens (primary N) is 1. The molecule has 4 N–H and O–H groups in total. The number of aliphatic carboxylic acids is 1. The van der Waals surface area contributed by atoms with Crippen LogP contribution in [0.3, 0.4) is 0 Å². The number of aromatic amines is 1. The Morgan fingerprint density at radius 1 is 1.37 bits per heavy atom. The number of nitrogens with one attached hydrogen (secondary N) is 1. The van der Waals surface area contributed by atoms with Crippen molar-refractivity contribution < 1.29 is 9.90 Å². The molecule has 3 heterocycles. The topological polar surface area (TPSA) is 95.2 Å². The van der Waals surface area contributed by atoms with E-state index in [0.717, 1.165) is 16.5 Å². The fourth-order valence-electron chi connectivity index (χ4n) is 3.53. The number of benzene rings is 1. The molecule has 1 unspecified atom stereocenters. The second-order valence-electron chi connectivity index (χ2n) is 6.93. The lowest BCUT2D eigenvalue weighted by atomic mass is 10.1. The maximum atomic E-state index is 10.6. The van der Waals surface area contributed by atoms with Gasteiger partial charge in [0.25, 0.3) is 0 Å². The smallest absolute Gasteiger partial charge is 0.320 e. The van der Waals surface area contributed by atoms with Crippen molar-refractivity contribution in [2.75, 3.05) is 13.6 Å². The van der Waals surface area contributed by atoms with Crippen molar-refractivity contribution in [1.82, 2.24) is 14.9 Å². The Morgan fingerprint density at radius 3 is 2.85 bits per heavy atom. The average molecular weight is 366 g/mol. The number of rotatable bonds is 4. The second-order valence-corrected chi connectivity index (χ2v) is 6.93. The molecule has 27 heavy (non-hydrogen) atoms. The van der Waals surface area contributed by atoms with E-state index in [9.17, 15) is 4.79 Å². The molecule has 6 heteroatoms. The molecule has 0 saturated carbocycles. The van der Waals surface area contributed by atoms with Crippen LogP contribution >= 0.6 is 0 Å². The number of likely N-dealkylation sites (tertiary alicyclic amines) is 1. The molecule has 2 aromatic heterocycles. The third kappa shape index (κ3) is 4.72. The van der Waals surface area contributed by atoms with Gasteiger partial charge in [0.2, 0.25) is 0 Å². The number of para-hydroxylation sites is 1. The van der Waals surface area contributed by atoms with Crippen molar-refractivity contribution >= 4 is 16.9 Å². The molecule has 1 aromatic carbocycles. The second kappa shape index (κ2) is 8.79. The first kappa shape index (κ1) is 19.1. The molecule has 0 amide bonds. The monoisotopic (exact) mass is 366 g/mol. The molecule has 1 fully saturated rings. The van der Waals surface area contributed by atoms with E-state index in [1.165, 1.54) is 24.9 Å². The van der Waals surface area contributed by atoms with Crippen LogP contribution < -0.4 is 5.73 Å². The number of H-pyrrole nitrogens is 1.